The fourth-order valence-corrected chi connectivity index (χ4v) is 3.64. The maximum Gasteiger partial charge on any atom is 0.123 e. The molecule has 1 fully saturated rings. The minimum absolute atomic E-state index is 0.480. The van der Waals surface area contributed by atoms with E-state index < -0.39 is 0 Å². The Labute approximate surface area is 139 Å². The van der Waals surface area contributed by atoms with Crippen molar-refractivity contribution in [2.75, 3.05) is 6.54 Å². The van der Waals surface area contributed by atoms with Crippen molar-refractivity contribution in [2.45, 2.75) is 65.1 Å². The summed E-state index contributed by atoms with van der Waals surface area (Å²) in [5, 5.41) is 0. The van der Waals surface area contributed by atoms with E-state index in [1.54, 1.807) is 0 Å². The van der Waals surface area contributed by atoms with Gasteiger partial charge in [0.25, 0.3) is 0 Å². The number of likely N-dealkylation sites (tertiary alicyclic amines) is 1. The SMILES string of the molecule is Cc1cc(CC[C@H]2CCCN2Cc2nccn2C(C)C)ccn1. The van der Waals surface area contributed by atoms with Crippen molar-refractivity contribution >= 4 is 0 Å². The van der Waals surface area contributed by atoms with Gasteiger partial charge in [0.05, 0.1) is 6.54 Å². The van der Waals surface area contributed by atoms with Gasteiger partial charge in [-0.05, 0) is 70.7 Å². The molecule has 4 heteroatoms. The fraction of sp³-hybridized carbons (Fsp3) is 0.579. The molecular weight excluding hydrogens is 284 g/mol. The van der Waals surface area contributed by atoms with Crippen LogP contribution in [0, 0.1) is 6.92 Å². The lowest BCUT2D eigenvalue weighted by Crippen LogP contribution is -2.30. The van der Waals surface area contributed by atoms with Crippen LogP contribution >= 0.6 is 0 Å². The smallest absolute Gasteiger partial charge is 0.123 e. The molecule has 0 radical (unpaired) electrons. The van der Waals surface area contributed by atoms with E-state index >= 15 is 0 Å². The number of imidazole rings is 1. The molecule has 0 unspecified atom stereocenters. The van der Waals surface area contributed by atoms with Crippen LogP contribution in [0.4, 0.5) is 0 Å². The third-order valence-corrected chi connectivity index (χ3v) is 4.88. The summed E-state index contributed by atoms with van der Waals surface area (Å²) >= 11 is 0. The highest BCUT2D eigenvalue weighted by Gasteiger charge is 2.25. The number of rotatable bonds is 6. The first-order chi connectivity index (χ1) is 11.1. The second-order valence-electron chi connectivity index (χ2n) is 6.96. The van der Waals surface area contributed by atoms with E-state index in [1.807, 2.05) is 12.4 Å². The molecule has 0 aliphatic carbocycles. The number of aromatic nitrogens is 3. The Morgan fingerprint density at radius 3 is 2.91 bits per heavy atom. The van der Waals surface area contributed by atoms with E-state index in [2.05, 4.69) is 58.5 Å². The van der Waals surface area contributed by atoms with E-state index in [9.17, 15) is 0 Å². The summed E-state index contributed by atoms with van der Waals surface area (Å²) in [4.78, 5) is 11.5. The Bertz CT molecular complexity index is 632. The Morgan fingerprint density at radius 1 is 1.26 bits per heavy atom. The monoisotopic (exact) mass is 312 g/mol. The van der Waals surface area contributed by atoms with Crippen LogP contribution in [0.15, 0.2) is 30.7 Å². The van der Waals surface area contributed by atoms with Gasteiger partial charge in [0.2, 0.25) is 0 Å². The molecule has 0 bridgehead atoms. The maximum atomic E-state index is 4.58. The molecule has 0 N–H and O–H groups in total. The molecule has 1 aliphatic heterocycles. The van der Waals surface area contributed by atoms with Gasteiger partial charge < -0.3 is 4.57 Å². The predicted octanol–water partition coefficient (Wildman–Crippen LogP) is 3.76. The second-order valence-corrected chi connectivity index (χ2v) is 6.96. The van der Waals surface area contributed by atoms with Crippen molar-refractivity contribution in [1.29, 1.82) is 0 Å². The zero-order valence-corrected chi connectivity index (χ0v) is 14.6. The number of nitrogens with zero attached hydrogens (tertiary/aromatic N) is 4. The third-order valence-electron chi connectivity index (χ3n) is 4.88. The number of aryl methyl sites for hydroxylation is 2. The molecule has 4 nitrogen and oxygen atoms in total. The van der Waals surface area contributed by atoms with Crippen LogP contribution in [-0.4, -0.2) is 32.0 Å². The summed E-state index contributed by atoms with van der Waals surface area (Å²) in [5.74, 6) is 1.20. The normalized spacial score (nSPS) is 18.9. The van der Waals surface area contributed by atoms with Crippen LogP contribution in [0.2, 0.25) is 0 Å². The summed E-state index contributed by atoms with van der Waals surface area (Å²) in [7, 11) is 0. The number of pyridine rings is 1. The van der Waals surface area contributed by atoms with Gasteiger partial charge in [-0.15, -0.1) is 0 Å². The van der Waals surface area contributed by atoms with Gasteiger partial charge in [0.1, 0.15) is 5.82 Å². The van der Waals surface area contributed by atoms with Gasteiger partial charge in [0, 0.05) is 36.4 Å². The fourth-order valence-electron chi connectivity index (χ4n) is 3.64. The zero-order valence-electron chi connectivity index (χ0n) is 14.6. The van der Waals surface area contributed by atoms with Crippen molar-refractivity contribution < 1.29 is 0 Å². The van der Waals surface area contributed by atoms with Crippen LogP contribution in [0.1, 0.15) is 56.2 Å². The third kappa shape index (κ3) is 3.99. The van der Waals surface area contributed by atoms with Crippen molar-refractivity contribution in [3.63, 3.8) is 0 Å². The van der Waals surface area contributed by atoms with Crippen molar-refractivity contribution in [1.82, 2.24) is 19.4 Å². The number of hydrogen-bond donors (Lipinski definition) is 0. The summed E-state index contributed by atoms with van der Waals surface area (Å²) in [6.07, 6.45) is 10.9. The lowest BCUT2D eigenvalue weighted by atomic mass is 10.0. The highest BCUT2D eigenvalue weighted by atomic mass is 15.2. The van der Waals surface area contributed by atoms with Crippen molar-refractivity contribution in [3.05, 3.63) is 47.8 Å². The Hall–Kier alpha value is -1.68. The molecule has 2 aromatic heterocycles. The van der Waals surface area contributed by atoms with Crippen molar-refractivity contribution in [2.24, 2.45) is 0 Å². The first-order valence-electron chi connectivity index (χ1n) is 8.81. The summed E-state index contributed by atoms with van der Waals surface area (Å²) in [6, 6.07) is 5.52. The molecule has 23 heavy (non-hydrogen) atoms. The highest BCUT2D eigenvalue weighted by molar-refractivity contribution is 5.15. The van der Waals surface area contributed by atoms with Crippen LogP contribution in [0.25, 0.3) is 0 Å². The van der Waals surface area contributed by atoms with E-state index in [0.29, 0.717) is 12.1 Å². The molecule has 124 valence electrons. The van der Waals surface area contributed by atoms with Gasteiger partial charge in [0.15, 0.2) is 0 Å². The summed E-state index contributed by atoms with van der Waals surface area (Å²) in [6.45, 7) is 8.68. The topological polar surface area (TPSA) is 34.0 Å². The maximum absolute atomic E-state index is 4.58. The van der Waals surface area contributed by atoms with Crippen LogP contribution in [0.3, 0.4) is 0 Å². The minimum atomic E-state index is 0.480. The molecule has 2 aromatic rings. The predicted molar refractivity (Wildman–Crippen MR) is 93.3 cm³/mol. The lowest BCUT2D eigenvalue weighted by molar-refractivity contribution is 0.225. The average Bonchev–Trinajstić information content (AvgIpc) is 3.15. The van der Waals surface area contributed by atoms with E-state index in [4.69, 9.17) is 0 Å². The van der Waals surface area contributed by atoms with Crippen LogP contribution in [0.5, 0.6) is 0 Å². The van der Waals surface area contributed by atoms with E-state index in [0.717, 1.165) is 18.7 Å². The second kappa shape index (κ2) is 7.26. The summed E-state index contributed by atoms with van der Waals surface area (Å²) < 4.78 is 2.29. The van der Waals surface area contributed by atoms with Gasteiger partial charge in [-0.2, -0.15) is 0 Å². The first kappa shape index (κ1) is 16.2. The molecule has 0 amide bonds. The molecule has 0 spiro atoms. The highest BCUT2D eigenvalue weighted by Crippen LogP contribution is 2.24. The zero-order chi connectivity index (χ0) is 16.2. The van der Waals surface area contributed by atoms with Crippen LogP contribution in [-0.2, 0) is 13.0 Å². The number of hydrogen-bond acceptors (Lipinski definition) is 3. The van der Waals surface area contributed by atoms with Gasteiger partial charge >= 0.3 is 0 Å². The van der Waals surface area contributed by atoms with Gasteiger partial charge in [-0.1, -0.05) is 0 Å². The summed E-state index contributed by atoms with van der Waals surface area (Å²) in [5.41, 5.74) is 2.53. The standard InChI is InChI=1S/C19H28N4/c1-15(2)23-12-10-21-19(23)14-22-11-4-5-18(22)7-6-17-8-9-20-16(3)13-17/h8-10,12-13,15,18H,4-7,11,14H2,1-3H3/t18-/m1/s1. The molecule has 0 saturated carbocycles. The van der Waals surface area contributed by atoms with Crippen molar-refractivity contribution in [3.8, 4) is 0 Å². The Morgan fingerprint density at radius 2 is 2.13 bits per heavy atom. The lowest BCUT2D eigenvalue weighted by Gasteiger charge is -2.25. The minimum Gasteiger partial charge on any atom is -0.331 e. The van der Waals surface area contributed by atoms with E-state index in [1.165, 1.54) is 37.2 Å². The Balaban J connectivity index is 1.60. The first-order valence-corrected chi connectivity index (χ1v) is 8.81. The van der Waals surface area contributed by atoms with E-state index in [-0.39, 0.29) is 0 Å². The molecule has 3 rings (SSSR count). The molecule has 3 heterocycles. The van der Waals surface area contributed by atoms with Gasteiger partial charge in [-0.3, -0.25) is 9.88 Å². The van der Waals surface area contributed by atoms with Crippen LogP contribution < -0.4 is 0 Å². The Kier molecular flexibility index (Phi) is 5.11. The molecule has 0 aromatic carbocycles. The molecule has 1 atom stereocenters. The largest absolute Gasteiger partial charge is 0.331 e. The quantitative estimate of drug-likeness (QED) is 0.814. The van der Waals surface area contributed by atoms with Gasteiger partial charge in [-0.25, -0.2) is 4.98 Å². The molecule has 1 saturated heterocycles. The molecule has 1 aliphatic rings. The average molecular weight is 312 g/mol. The molecular formula is C19H28N4.